The van der Waals surface area contributed by atoms with Gasteiger partial charge in [-0.1, -0.05) is 82.9 Å². The second-order valence-electron chi connectivity index (χ2n) is 9.94. The standard InChI is InChI=1S/C32H34O4/c1-2-3-4-5-6-7-8-9-10-11-14-22-17-19-27-25(21-22)31(34)29-28(35-27)20-18-24-30(33)23-15-12-13-16-26(23)36-32(24)29/h12-13,15-21H,2-11,14H2,1H3. The quantitative estimate of drug-likeness (QED) is 0.107. The van der Waals surface area contributed by atoms with E-state index >= 15 is 0 Å². The minimum absolute atomic E-state index is 0.136. The third kappa shape index (κ3) is 4.95. The fourth-order valence-electron chi connectivity index (χ4n) is 5.22. The van der Waals surface area contributed by atoms with Crippen LogP contribution in [0.25, 0.3) is 43.9 Å². The van der Waals surface area contributed by atoms with Crippen LogP contribution in [-0.2, 0) is 6.42 Å². The first-order valence-electron chi connectivity index (χ1n) is 13.5. The predicted octanol–water partition coefficient (Wildman–Crippen LogP) is 8.67. The molecule has 3 aromatic carbocycles. The molecule has 4 nitrogen and oxygen atoms in total. The van der Waals surface area contributed by atoms with Crippen molar-refractivity contribution in [2.45, 2.75) is 77.6 Å². The van der Waals surface area contributed by atoms with Crippen LogP contribution in [0.2, 0.25) is 0 Å². The molecule has 0 N–H and O–H groups in total. The van der Waals surface area contributed by atoms with Crippen LogP contribution in [0.1, 0.15) is 76.7 Å². The maximum atomic E-state index is 13.6. The molecule has 36 heavy (non-hydrogen) atoms. The van der Waals surface area contributed by atoms with Gasteiger partial charge in [-0.3, -0.25) is 9.59 Å². The molecule has 0 spiro atoms. The van der Waals surface area contributed by atoms with Crippen molar-refractivity contribution in [3.63, 3.8) is 0 Å². The zero-order chi connectivity index (χ0) is 24.9. The average molecular weight is 483 g/mol. The van der Waals surface area contributed by atoms with Crippen LogP contribution >= 0.6 is 0 Å². The SMILES string of the molecule is CCCCCCCCCCCCc1ccc2oc3ccc4c(=O)c5ccccc5oc4c3c(=O)c2c1. The lowest BCUT2D eigenvalue weighted by Crippen LogP contribution is -2.07. The van der Waals surface area contributed by atoms with E-state index in [0.717, 1.165) is 18.4 Å². The highest BCUT2D eigenvalue weighted by Crippen LogP contribution is 2.28. The average Bonchev–Trinajstić information content (AvgIpc) is 2.90. The van der Waals surface area contributed by atoms with Crippen molar-refractivity contribution in [1.29, 1.82) is 0 Å². The van der Waals surface area contributed by atoms with E-state index in [-0.39, 0.29) is 10.9 Å². The summed E-state index contributed by atoms with van der Waals surface area (Å²) in [6.45, 7) is 2.26. The number of aryl methyl sites for hydroxylation is 1. The summed E-state index contributed by atoms with van der Waals surface area (Å²) < 4.78 is 12.2. The highest BCUT2D eigenvalue weighted by Gasteiger charge is 2.16. The summed E-state index contributed by atoms with van der Waals surface area (Å²) in [5.41, 5.74) is 2.61. The molecule has 5 rings (SSSR count). The van der Waals surface area contributed by atoms with E-state index < -0.39 is 0 Å². The smallest absolute Gasteiger partial charge is 0.204 e. The minimum Gasteiger partial charge on any atom is -0.456 e. The highest BCUT2D eigenvalue weighted by molar-refractivity contribution is 6.07. The maximum Gasteiger partial charge on any atom is 0.204 e. The molecule has 0 amide bonds. The summed E-state index contributed by atoms with van der Waals surface area (Å²) in [7, 11) is 0. The second kappa shape index (κ2) is 11.1. The Morgan fingerprint density at radius 2 is 1.25 bits per heavy atom. The Bertz CT molecular complexity index is 1620. The van der Waals surface area contributed by atoms with Crippen LogP contribution in [0.15, 0.2) is 73.0 Å². The van der Waals surface area contributed by atoms with E-state index in [2.05, 4.69) is 13.0 Å². The highest BCUT2D eigenvalue weighted by atomic mass is 16.3. The normalized spacial score (nSPS) is 11.8. The van der Waals surface area contributed by atoms with Crippen molar-refractivity contribution in [2.75, 3.05) is 0 Å². The molecule has 4 heteroatoms. The molecule has 2 heterocycles. The lowest BCUT2D eigenvalue weighted by Gasteiger charge is -2.07. The van der Waals surface area contributed by atoms with Crippen LogP contribution in [0, 0.1) is 0 Å². The van der Waals surface area contributed by atoms with Crippen molar-refractivity contribution >= 4 is 43.9 Å². The Hall–Kier alpha value is -3.40. The van der Waals surface area contributed by atoms with Gasteiger partial charge in [0.05, 0.1) is 16.2 Å². The Morgan fingerprint density at radius 3 is 2.03 bits per heavy atom. The van der Waals surface area contributed by atoms with Crippen molar-refractivity contribution < 1.29 is 8.83 Å². The van der Waals surface area contributed by atoms with Crippen molar-refractivity contribution in [1.82, 2.24) is 0 Å². The number of hydrogen-bond donors (Lipinski definition) is 0. The molecule has 5 aromatic rings. The van der Waals surface area contributed by atoms with Gasteiger partial charge in [-0.2, -0.15) is 0 Å². The largest absolute Gasteiger partial charge is 0.456 e. The minimum atomic E-state index is -0.153. The van der Waals surface area contributed by atoms with Gasteiger partial charge in [0.2, 0.25) is 10.9 Å². The van der Waals surface area contributed by atoms with Crippen molar-refractivity contribution in [3.05, 3.63) is 80.6 Å². The second-order valence-corrected chi connectivity index (χ2v) is 9.94. The number of hydrogen-bond acceptors (Lipinski definition) is 4. The molecule has 0 radical (unpaired) electrons. The van der Waals surface area contributed by atoms with Crippen LogP contribution in [0.3, 0.4) is 0 Å². The monoisotopic (exact) mass is 482 g/mol. The number of benzene rings is 3. The number of para-hydroxylation sites is 1. The fourth-order valence-corrected chi connectivity index (χ4v) is 5.22. The van der Waals surface area contributed by atoms with Gasteiger partial charge in [0.1, 0.15) is 22.1 Å². The van der Waals surface area contributed by atoms with E-state index in [1.807, 2.05) is 24.3 Å². The van der Waals surface area contributed by atoms with Gasteiger partial charge < -0.3 is 8.83 Å². The summed E-state index contributed by atoms with van der Waals surface area (Å²) in [4.78, 5) is 26.7. The number of fused-ring (bicyclic) bond motifs is 5. The maximum absolute atomic E-state index is 13.6. The topological polar surface area (TPSA) is 60.4 Å². The predicted molar refractivity (Wildman–Crippen MR) is 149 cm³/mol. The molecule has 0 saturated carbocycles. The van der Waals surface area contributed by atoms with Gasteiger partial charge in [0.15, 0.2) is 5.58 Å². The van der Waals surface area contributed by atoms with E-state index in [0.29, 0.717) is 43.9 Å². The van der Waals surface area contributed by atoms with Crippen molar-refractivity contribution in [3.8, 4) is 0 Å². The molecule has 0 saturated heterocycles. The molecule has 0 atom stereocenters. The van der Waals surface area contributed by atoms with Gasteiger partial charge in [-0.05, 0) is 54.8 Å². The van der Waals surface area contributed by atoms with Crippen LogP contribution in [0.4, 0.5) is 0 Å². The molecular weight excluding hydrogens is 448 g/mol. The van der Waals surface area contributed by atoms with Crippen LogP contribution in [0.5, 0.6) is 0 Å². The first kappa shape index (κ1) is 24.3. The molecule has 0 aliphatic heterocycles. The molecule has 0 aliphatic rings. The molecule has 0 aliphatic carbocycles. The van der Waals surface area contributed by atoms with E-state index in [1.54, 1.807) is 24.3 Å². The molecule has 0 unspecified atom stereocenters. The van der Waals surface area contributed by atoms with Gasteiger partial charge in [-0.15, -0.1) is 0 Å². The Morgan fingerprint density at radius 1 is 0.583 bits per heavy atom. The summed E-state index contributed by atoms with van der Waals surface area (Å²) in [5, 5.41) is 1.78. The molecule has 0 bridgehead atoms. The molecular formula is C32H34O4. The zero-order valence-corrected chi connectivity index (χ0v) is 21.1. The Balaban J connectivity index is 1.36. The lowest BCUT2D eigenvalue weighted by molar-refractivity contribution is 0.556. The van der Waals surface area contributed by atoms with Crippen molar-refractivity contribution in [2.24, 2.45) is 0 Å². The van der Waals surface area contributed by atoms with Gasteiger partial charge in [0, 0.05) is 0 Å². The van der Waals surface area contributed by atoms with Gasteiger partial charge in [0.25, 0.3) is 0 Å². The Labute approximate surface area is 210 Å². The first-order chi connectivity index (χ1) is 17.7. The third-order valence-corrected chi connectivity index (χ3v) is 7.26. The summed E-state index contributed by atoms with van der Waals surface area (Å²) in [6, 6.07) is 16.4. The lowest BCUT2D eigenvalue weighted by atomic mass is 10.0. The third-order valence-electron chi connectivity index (χ3n) is 7.26. The van der Waals surface area contributed by atoms with Gasteiger partial charge >= 0.3 is 0 Å². The summed E-state index contributed by atoms with van der Waals surface area (Å²) >= 11 is 0. The molecule has 0 fully saturated rings. The number of rotatable bonds is 11. The molecule has 186 valence electrons. The zero-order valence-electron chi connectivity index (χ0n) is 21.1. The van der Waals surface area contributed by atoms with Gasteiger partial charge in [-0.25, -0.2) is 0 Å². The van der Waals surface area contributed by atoms with E-state index in [9.17, 15) is 9.59 Å². The van der Waals surface area contributed by atoms with Crippen LogP contribution < -0.4 is 10.9 Å². The number of unbranched alkanes of at least 4 members (excludes halogenated alkanes) is 9. The van der Waals surface area contributed by atoms with E-state index in [4.69, 9.17) is 8.83 Å². The Kier molecular flexibility index (Phi) is 7.50. The fraction of sp³-hybridized carbons (Fsp3) is 0.375. The van der Waals surface area contributed by atoms with Crippen LogP contribution in [-0.4, -0.2) is 0 Å². The van der Waals surface area contributed by atoms with E-state index in [1.165, 1.54) is 57.8 Å². The summed E-state index contributed by atoms with van der Waals surface area (Å²) in [5.74, 6) is 0. The molecule has 2 aromatic heterocycles. The first-order valence-corrected chi connectivity index (χ1v) is 13.5. The summed E-state index contributed by atoms with van der Waals surface area (Å²) in [6.07, 6.45) is 14.0.